The molecule has 1 N–H and O–H groups in total. The molecule has 0 atom stereocenters. The SMILES string of the molecule is COc1cc(C(C)=O)ccc1OCCCC(=O)Nc1cccc(Cl)c1C. The molecule has 0 aliphatic carbocycles. The second-order valence-corrected chi connectivity index (χ2v) is 6.24. The molecule has 0 radical (unpaired) electrons. The number of ketones is 1. The summed E-state index contributed by atoms with van der Waals surface area (Å²) in [4.78, 5) is 23.5. The second kappa shape index (κ2) is 9.25. The van der Waals surface area contributed by atoms with Crippen molar-refractivity contribution in [3.05, 3.63) is 52.5 Å². The van der Waals surface area contributed by atoms with Crippen molar-refractivity contribution >= 4 is 29.0 Å². The van der Waals surface area contributed by atoms with Crippen LogP contribution in [0.15, 0.2) is 36.4 Å². The zero-order chi connectivity index (χ0) is 19.1. The first-order valence-electron chi connectivity index (χ1n) is 8.29. The summed E-state index contributed by atoms with van der Waals surface area (Å²) in [5, 5.41) is 3.47. The third-order valence-corrected chi connectivity index (χ3v) is 4.33. The third kappa shape index (κ3) is 5.23. The average Bonchev–Trinajstić information content (AvgIpc) is 2.62. The topological polar surface area (TPSA) is 64.6 Å². The van der Waals surface area contributed by atoms with Crippen molar-refractivity contribution < 1.29 is 19.1 Å². The van der Waals surface area contributed by atoms with Gasteiger partial charge in [0, 0.05) is 22.7 Å². The predicted octanol–water partition coefficient (Wildman–Crippen LogP) is 4.66. The van der Waals surface area contributed by atoms with Crippen LogP contribution in [0.5, 0.6) is 11.5 Å². The molecule has 0 saturated heterocycles. The molecule has 138 valence electrons. The van der Waals surface area contributed by atoms with Gasteiger partial charge in [0.2, 0.25) is 5.91 Å². The van der Waals surface area contributed by atoms with E-state index in [1.54, 1.807) is 30.3 Å². The number of benzene rings is 2. The van der Waals surface area contributed by atoms with Crippen LogP contribution in [0.25, 0.3) is 0 Å². The Bertz CT molecular complexity index is 804. The zero-order valence-electron chi connectivity index (χ0n) is 15.1. The van der Waals surface area contributed by atoms with Crippen LogP contribution in [0.1, 0.15) is 35.7 Å². The van der Waals surface area contributed by atoms with Crippen molar-refractivity contribution in [2.75, 3.05) is 19.0 Å². The second-order valence-electron chi connectivity index (χ2n) is 5.83. The van der Waals surface area contributed by atoms with Gasteiger partial charge in [0.1, 0.15) is 0 Å². The normalized spacial score (nSPS) is 10.3. The van der Waals surface area contributed by atoms with E-state index in [1.165, 1.54) is 14.0 Å². The van der Waals surface area contributed by atoms with Gasteiger partial charge in [0.25, 0.3) is 0 Å². The average molecular weight is 376 g/mol. The highest BCUT2D eigenvalue weighted by Gasteiger charge is 2.10. The Balaban J connectivity index is 1.84. The molecule has 2 aromatic rings. The van der Waals surface area contributed by atoms with Crippen molar-refractivity contribution in [3.63, 3.8) is 0 Å². The smallest absolute Gasteiger partial charge is 0.224 e. The summed E-state index contributed by atoms with van der Waals surface area (Å²) in [7, 11) is 1.52. The first-order valence-corrected chi connectivity index (χ1v) is 8.67. The Morgan fingerprint density at radius 2 is 1.92 bits per heavy atom. The number of rotatable bonds is 8. The van der Waals surface area contributed by atoms with Crippen LogP contribution in [-0.2, 0) is 4.79 Å². The number of amides is 1. The number of methoxy groups -OCH3 is 1. The minimum absolute atomic E-state index is 0.0390. The quantitative estimate of drug-likeness (QED) is 0.538. The highest BCUT2D eigenvalue weighted by atomic mass is 35.5. The predicted molar refractivity (Wildman–Crippen MR) is 103 cm³/mol. The number of hydrogen-bond acceptors (Lipinski definition) is 4. The van der Waals surface area contributed by atoms with Crippen LogP contribution >= 0.6 is 11.6 Å². The van der Waals surface area contributed by atoms with Gasteiger partial charge >= 0.3 is 0 Å². The van der Waals surface area contributed by atoms with Gasteiger partial charge in [-0.15, -0.1) is 0 Å². The van der Waals surface area contributed by atoms with Gasteiger partial charge in [0.05, 0.1) is 13.7 Å². The van der Waals surface area contributed by atoms with E-state index in [-0.39, 0.29) is 11.7 Å². The molecule has 1 amide bonds. The van der Waals surface area contributed by atoms with Crippen LogP contribution in [-0.4, -0.2) is 25.4 Å². The van der Waals surface area contributed by atoms with Crippen LogP contribution in [0.3, 0.4) is 0 Å². The molecule has 0 aliphatic heterocycles. The largest absolute Gasteiger partial charge is 0.493 e. The molecule has 26 heavy (non-hydrogen) atoms. The lowest BCUT2D eigenvalue weighted by molar-refractivity contribution is -0.116. The fourth-order valence-corrected chi connectivity index (χ4v) is 2.55. The molecule has 0 unspecified atom stereocenters. The van der Waals surface area contributed by atoms with Crippen molar-refractivity contribution in [3.8, 4) is 11.5 Å². The minimum Gasteiger partial charge on any atom is -0.493 e. The van der Waals surface area contributed by atoms with E-state index in [0.717, 1.165) is 5.56 Å². The number of ether oxygens (including phenoxy) is 2. The Labute approximate surface area is 158 Å². The van der Waals surface area contributed by atoms with Gasteiger partial charge in [-0.05, 0) is 56.2 Å². The molecule has 0 saturated carbocycles. The highest BCUT2D eigenvalue weighted by molar-refractivity contribution is 6.31. The molecule has 0 aliphatic rings. The molecule has 2 aromatic carbocycles. The number of anilines is 1. The first-order chi connectivity index (χ1) is 12.4. The highest BCUT2D eigenvalue weighted by Crippen LogP contribution is 2.28. The van der Waals surface area contributed by atoms with Crippen LogP contribution in [0.4, 0.5) is 5.69 Å². The minimum atomic E-state index is -0.0992. The maximum Gasteiger partial charge on any atom is 0.224 e. The zero-order valence-corrected chi connectivity index (χ0v) is 15.9. The fraction of sp³-hybridized carbons (Fsp3) is 0.300. The lowest BCUT2D eigenvalue weighted by atomic mass is 10.1. The first kappa shape index (κ1) is 19.8. The molecule has 0 fully saturated rings. The van der Waals surface area contributed by atoms with Gasteiger partial charge < -0.3 is 14.8 Å². The molecule has 0 heterocycles. The van der Waals surface area contributed by atoms with E-state index < -0.39 is 0 Å². The van der Waals surface area contributed by atoms with Crippen LogP contribution in [0, 0.1) is 6.92 Å². The summed E-state index contributed by atoms with van der Waals surface area (Å²) in [5.41, 5.74) is 2.12. The number of halogens is 1. The molecule has 0 bridgehead atoms. The Morgan fingerprint density at radius 1 is 1.15 bits per heavy atom. The number of hydrogen-bond donors (Lipinski definition) is 1. The third-order valence-electron chi connectivity index (χ3n) is 3.92. The summed E-state index contributed by atoms with van der Waals surface area (Å²) in [5.74, 6) is 0.904. The summed E-state index contributed by atoms with van der Waals surface area (Å²) in [6, 6.07) is 10.4. The van der Waals surface area contributed by atoms with E-state index in [4.69, 9.17) is 21.1 Å². The van der Waals surface area contributed by atoms with Gasteiger partial charge in [-0.2, -0.15) is 0 Å². The van der Waals surface area contributed by atoms with E-state index >= 15 is 0 Å². The van der Waals surface area contributed by atoms with E-state index in [0.29, 0.717) is 47.2 Å². The van der Waals surface area contributed by atoms with Gasteiger partial charge in [0.15, 0.2) is 17.3 Å². The van der Waals surface area contributed by atoms with E-state index in [1.807, 2.05) is 13.0 Å². The monoisotopic (exact) mass is 375 g/mol. The van der Waals surface area contributed by atoms with E-state index in [2.05, 4.69) is 5.32 Å². The van der Waals surface area contributed by atoms with Gasteiger partial charge in [-0.1, -0.05) is 17.7 Å². The summed E-state index contributed by atoms with van der Waals surface area (Å²) >= 11 is 6.05. The summed E-state index contributed by atoms with van der Waals surface area (Å²) in [6.45, 7) is 3.71. The lowest BCUT2D eigenvalue weighted by Gasteiger charge is -2.12. The number of nitrogens with one attached hydrogen (secondary N) is 1. The molecular weight excluding hydrogens is 354 g/mol. The lowest BCUT2D eigenvalue weighted by Crippen LogP contribution is -2.13. The molecule has 0 aromatic heterocycles. The summed E-state index contributed by atoms with van der Waals surface area (Å²) < 4.78 is 10.9. The van der Waals surface area contributed by atoms with Crippen LogP contribution < -0.4 is 14.8 Å². The summed E-state index contributed by atoms with van der Waals surface area (Å²) in [6.07, 6.45) is 0.864. The standard InChI is InChI=1S/C20H22ClNO4/c1-13-16(21)6-4-7-17(13)22-20(24)8-5-11-26-18-10-9-15(14(2)23)12-19(18)25-3/h4,6-7,9-10,12H,5,8,11H2,1-3H3,(H,22,24). The van der Waals surface area contributed by atoms with Crippen molar-refractivity contribution in [2.45, 2.75) is 26.7 Å². The number of Topliss-reactive ketones (excluding diaryl/α,β-unsaturated/α-hetero) is 1. The Hall–Kier alpha value is -2.53. The maximum absolute atomic E-state index is 12.1. The fourth-order valence-electron chi connectivity index (χ4n) is 2.38. The molecule has 5 nitrogen and oxygen atoms in total. The molecule has 6 heteroatoms. The Morgan fingerprint density at radius 3 is 2.62 bits per heavy atom. The van der Waals surface area contributed by atoms with Crippen molar-refractivity contribution in [1.29, 1.82) is 0 Å². The van der Waals surface area contributed by atoms with Crippen molar-refractivity contribution in [1.82, 2.24) is 0 Å². The van der Waals surface area contributed by atoms with Crippen LogP contribution in [0.2, 0.25) is 5.02 Å². The molecule has 2 rings (SSSR count). The molecular formula is C20H22ClNO4. The van der Waals surface area contributed by atoms with Crippen molar-refractivity contribution in [2.24, 2.45) is 0 Å². The van der Waals surface area contributed by atoms with Gasteiger partial charge in [-0.3, -0.25) is 9.59 Å². The maximum atomic E-state index is 12.1. The molecule has 0 spiro atoms. The Kier molecular flexibility index (Phi) is 7.04. The number of carbonyl (C=O) groups is 2. The van der Waals surface area contributed by atoms with Gasteiger partial charge in [-0.25, -0.2) is 0 Å². The van der Waals surface area contributed by atoms with E-state index in [9.17, 15) is 9.59 Å². The number of carbonyl (C=O) groups excluding carboxylic acids is 2.